The van der Waals surface area contributed by atoms with Crippen LogP contribution in [0, 0.1) is 0 Å². The van der Waals surface area contributed by atoms with Gasteiger partial charge >= 0.3 is 0 Å². The number of nitrogens with one attached hydrogen (secondary N) is 1. The molecule has 0 amide bonds. The zero-order valence-corrected chi connectivity index (χ0v) is 8.58. The van der Waals surface area contributed by atoms with Crippen molar-refractivity contribution in [3.63, 3.8) is 0 Å². The second kappa shape index (κ2) is 3.24. The van der Waals surface area contributed by atoms with Gasteiger partial charge in [0.15, 0.2) is 0 Å². The molecule has 1 aliphatic rings. The van der Waals surface area contributed by atoms with Crippen molar-refractivity contribution >= 4 is 34.2 Å². The number of carbonyl (C=O) groups is 1. The lowest BCUT2D eigenvalue weighted by molar-refractivity contribution is -0.111. The van der Waals surface area contributed by atoms with Crippen LogP contribution in [0.15, 0.2) is 23.1 Å². The van der Waals surface area contributed by atoms with Crippen LogP contribution < -0.4 is 5.32 Å². The van der Waals surface area contributed by atoms with Crippen LogP contribution in [0.4, 0.5) is 5.69 Å². The molecule has 0 radical (unpaired) electrons. The van der Waals surface area contributed by atoms with Crippen LogP contribution in [-0.2, 0) is 4.79 Å². The molecule has 0 saturated carbocycles. The first-order chi connectivity index (χ1) is 6.16. The summed E-state index contributed by atoms with van der Waals surface area (Å²) in [5.74, 6) is 0. The van der Waals surface area contributed by atoms with Crippen molar-refractivity contribution in [3.8, 4) is 0 Å². The third kappa shape index (κ3) is 1.67. The van der Waals surface area contributed by atoms with E-state index in [1.165, 1.54) is 11.8 Å². The minimum absolute atomic E-state index is 0.129. The molecular formula is C9H8ClNOS. The fourth-order valence-corrected chi connectivity index (χ4v) is 2.18. The van der Waals surface area contributed by atoms with Gasteiger partial charge < -0.3 is 5.32 Å². The predicted octanol–water partition coefficient (Wildman–Crippen LogP) is 2.77. The van der Waals surface area contributed by atoms with Crippen LogP contribution in [0.2, 0.25) is 5.02 Å². The van der Waals surface area contributed by atoms with Gasteiger partial charge in [0.1, 0.15) is 0 Å². The molecule has 1 atom stereocenters. The van der Waals surface area contributed by atoms with Crippen LogP contribution in [0.5, 0.6) is 0 Å². The van der Waals surface area contributed by atoms with Gasteiger partial charge in [-0.2, -0.15) is 0 Å². The van der Waals surface area contributed by atoms with E-state index >= 15 is 0 Å². The molecule has 1 aromatic rings. The van der Waals surface area contributed by atoms with Crippen molar-refractivity contribution in [1.82, 2.24) is 0 Å². The highest BCUT2D eigenvalue weighted by Crippen LogP contribution is 2.35. The summed E-state index contributed by atoms with van der Waals surface area (Å²) < 4.78 is 0. The van der Waals surface area contributed by atoms with E-state index in [4.69, 9.17) is 11.6 Å². The maximum absolute atomic E-state index is 11.3. The Balaban J connectivity index is 2.42. The molecule has 0 saturated heterocycles. The van der Waals surface area contributed by atoms with E-state index in [0.29, 0.717) is 5.02 Å². The molecule has 0 fully saturated rings. The van der Waals surface area contributed by atoms with Crippen LogP contribution in [0.25, 0.3) is 0 Å². The van der Waals surface area contributed by atoms with E-state index in [-0.39, 0.29) is 11.2 Å². The molecule has 0 aromatic heterocycles. The molecule has 4 heteroatoms. The first-order valence-electron chi connectivity index (χ1n) is 3.94. The Morgan fingerprint density at radius 1 is 1.54 bits per heavy atom. The molecular weight excluding hydrogens is 206 g/mol. The van der Waals surface area contributed by atoms with Crippen LogP contribution in [-0.4, -0.2) is 11.2 Å². The average molecular weight is 214 g/mol. The number of rotatable bonds is 0. The minimum atomic E-state index is -0.129. The second-order valence-electron chi connectivity index (χ2n) is 2.93. The zero-order chi connectivity index (χ0) is 9.42. The summed E-state index contributed by atoms with van der Waals surface area (Å²) in [6.07, 6.45) is 0. The number of halogens is 1. The summed E-state index contributed by atoms with van der Waals surface area (Å²) in [5, 5.41) is 3.93. The fraction of sp³-hybridized carbons (Fsp3) is 0.222. The maximum atomic E-state index is 11.3. The highest BCUT2D eigenvalue weighted by molar-refractivity contribution is 8.14. The van der Waals surface area contributed by atoms with Crippen LogP contribution in [0.3, 0.4) is 0 Å². The Labute approximate surface area is 85.7 Å². The summed E-state index contributed by atoms with van der Waals surface area (Å²) in [4.78, 5) is 12.3. The molecule has 68 valence electrons. The van der Waals surface area contributed by atoms with E-state index < -0.39 is 0 Å². The summed E-state index contributed by atoms with van der Waals surface area (Å²) in [6, 6.07) is 5.36. The van der Waals surface area contributed by atoms with E-state index in [9.17, 15) is 4.79 Å². The van der Waals surface area contributed by atoms with E-state index in [1.807, 2.05) is 19.1 Å². The number of benzene rings is 1. The quantitative estimate of drug-likeness (QED) is 0.719. The topological polar surface area (TPSA) is 29.1 Å². The normalized spacial score (nSPS) is 20.8. The van der Waals surface area contributed by atoms with Gasteiger partial charge in [-0.05, 0) is 36.9 Å². The van der Waals surface area contributed by atoms with Crippen molar-refractivity contribution < 1.29 is 4.79 Å². The zero-order valence-electron chi connectivity index (χ0n) is 7.00. The monoisotopic (exact) mass is 213 g/mol. The Hall–Kier alpha value is -0.670. The van der Waals surface area contributed by atoms with Crippen molar-refractivity contribution in [3.05, 3.63) is 23.2 Å². The number of fused-ring (bicyclic) bond motifs is 1. The van der Waals surface area contributed by atoms with Gasteiger partial charge in [0, 0.05) is 9.92 Å². The van der Waals surface area contributed by atoms with Crippen molar-refractivity contribution in [2.75, 3.05) is 5.32 Å². The van der Waals surface area contributed by atoms with Gasteiger partial charge in [0.2, 0.25) is 5.12 Å². The Morgan fingerprint density at radius 3 is 3.08 bits per heavy atom. The van der Waals surface area contributed by atoms with Crippen molar-refractivity contribution in [1.29, 1.82) is 0 Å². The standard InChI is InChI=1S/C9H8ClNOS/c1-5-9(12)13-8-3-2-6(10)4-7(8)11-5/h2-5,11H,1H3. The largest absolute Gasteiger partial charge is 0.374 e. The highest BCUT2D eigenvalue weighted by atomic mass is 35.5. The Morgan fingerprint density at radius 2 is 2.31 bits per heavy atom. The fourth-order valence-electron chi connectivity index (χ4n) is 1.19. The first kappa shape index (κ1) is 8.91. The number of anilines is 1. The molecule has 2 rings (SSSR count). The number of hydrogen-bond acceptors (Lipinski definition) is 3. The SMILES string of the molecule is CC1Nc2cc(Cl)ccc2SC1=O. The van der Waals surface area contributed by atoms with E-state index in [0.717, 1.165) is 10.6 Å². The summed E-state index contributed by atoms with van der Waals surface area (Å²) >= 11 is 7.10. The molecule has 0 aliphatic carbocycles. The molecule has 1 N–H and O–H groups in total. The van der Waals surface area contributed by atoms with Gasteiger partial charge in [-0.15, -0.1) is 0 Å². The third-order valence-electron chi connectivity index (χ3n) is 1.88. The third-order valence-corrected chi connectivity index (χ3v) is 3.24. The lowest BCUT2D eigenvalue weighted by Gasteiger charge is -2.21. The highest BCUT2D eigenvalue weighted by Gasteiger charge is 2.22. The summed E-state index contributed by atoms with van der Waals surface area (Å²) in [6.45, 7) is 1.85. The predicted molar refractivity (Wildman–Crippen MR) is 55.4 cm³/mol. The van der Waals surface area contributed by atoms with Crippen molar-refractivity contribution in [2.45, 2.75) is 17.9 Å². The van der Waals surface area contributed by atoms with Crippen LogP contribution in [0.1, 0.15) is 6.92 Å². The summed E-state index contributed by atoms with van der Waals surface area (Å²) in [7, 11) is 0. The lowest BCUT2D eigenvalue weighted by Crippen LogP contribution is -2.27. The maximum Gasteiger partial charge on any atom is 0.215 e. The number of carbonyl (C=O) groups excluding carboxylic acids is 1. The Kier molecular flexibility index (Phi) is 2.22. The van der Waals surface area contributed by atoms with Gasteiger partial charge in [0.25, 0.3) is 0 Å². The lowest BCUT2D eigenvalue weighted by atomic mass is 10.2. The second-order valence-corrected chi connectivity index (χ2v) is 4.41. The molecule has 0 spiro atoms. The number of thioether (sulfide) groups is 1. The van der Waals surface area contributed by atoms with E-state index in [2.05, 4.69) is 5.32 Å². The molecule has 1 unspecified atom stereocenters. The molecule has 2 nitrogen and oxygen atoms in total. The van der Waals surface area contributed by atoms with Gasteiger partial charge in [-0.25, -0.2) is 0 Å². The van der Waals surface area contributed by atoms with Gasteiger partial charge in [-0.1, -0.05) is 11.6 Å². The first-order valence-corrected chi connectivity index (χ1v) is 5.14. The van der Waals surface area contributed by atoms with Gasteiger partial charge in [0.05, 0.1) is 11.7 Å². The smallest absolute Gasteiger partial charge is 0.215 e. The summed E-state index contributed by atoms with van der Waals surface area (Å²) in [5.41, 5.74) is 0.949. The molecule has 1 aliphatic heterocycles. The van der Waals surface area contributed by atoms with E-state index in [1.54, 1.807) is 6.07 Å². The van der Waals surface area contributed by atoms with Gasteiger partial charge in [-0.3, -0.25) is 4.79 Å². The average Bonchev–Trinajstić information content (AvgIpc) is 2.08. The molecule has 13 heavy (non-hydrogen) atoms. The van der Waals surface area contributed by atoms with Crippen LogP contribution >= 0.6 is 23.4 Å². The Bertz CT molecular complexity index is 367. The number of hydrogen-bond donors (Lipinski definition) is 1. The molecule has 1 heterocycles. The molecule has 1 aromatic carbocycles. The molecule has 0 bridgehead atoms. The minimum Gasteiger partial charge on any atom is -0.374 e. The van der Waals surface area contributed by atoms with Crippen molar-refractivity contribution in [2.24, 2.45) is 0 Å².